The molecule has 0 fully saturated rings. The molecule has 21 heavy (non-hydrogen) atoms. The fourth-order valence-corrected chi connectivity index (χ4v) is 4.66. The zero-order valence-electron chi connectivity index (χ0n) is 11.0. The molecule has 1 aliphatic rings. The van der Waals surface area contributed by atoms with Gasteiger partial charge in [-0.3, -0.25) is 0 Å². The Morgan fingerprint density at radius 2 is 2.00 bits per heavy atom. The molecule has 2 aromatic carbocycles. The molecule has 6 heteroatoms. The Hall–Kier alpha value is -1.24. The van der Waals surface area contributed by atoms with Crippen LogP contribution in [0.15, 0.2) is 51.8 Å². The van der Waals surface area contributed by atoms with Crippen LogP contribution in [0.5, 0.6) is 0 Å². The van der Waals surface area contributed by atoms with E-state index in [2.05, 4.69) is 26.7 Å². The molecule has 0 radical (unpaired) electrons. The van der Waals surface area contributed by atoms with Gasteiger partial charge in [-0.2, -0.15) is 0 Å². The van der Waals surface area contributed by atoms with Gasteiger partial charge in [0, 0.05) is 16.9 Å². The van der Waals surface area contributed by atoms with E-state index < -0.39 is 15.8 Å². The van der Waals surface area contributed by atoms with Crippen LogP contribution in [0, 0.1) is 5.82 Å². The van der Waals surface area contributed by atoms with Gasteiger partial charge in [-0.05, 0) is 51.7 Å². The summed E-state index contributed by atoms with van der Waals surface area (Å²) < 4.78 is 40.4. The molecule has 1 N–H and O–H groups in total. The van der Waals surface area contributed by atoms with Gasteiger partial charge in [-0.15, -0.1) is 0 Å². The lowest BCUT2D eigenvalue weighted by atomic mass is 9.78. The highest BCUT2D eigenvalue weighted by molar-refractivity contribution is 9.10. The molecule has 2 aromatic rings. The number of nitrogens with one attached hydrogen (secondary N) is 1. The molecule has 3 rings (SSSR count). The summed E-state index contributed by atoms with van der Waals surface area (Å²) in [6.45, 7) is 0.350. The zero-order valence-corrected chi connectivity index (χ0v) is 13.4. The first kappa shape index (κ1) is 14.7. The Labute approximate surface area is 131 Å². The van der Waals surface area contributed by atoms with Crippen LogP contribution in [-0.2, 0) is 16.4 Å². The molecule has 3 nitrogen and oxygen atoms in total. The number of fused-ring (bicyclic) bond motifs is 1. The molecule has 0 saturated heterocycles. The van der Waals surface area contributed by atoms with Crippen molar-refractivity contribution in [1.82, 2.24) is 4.72 Å². The van der Waals surface area contributed by atoms with Crippen LogP contribution < -0.4 is 4.72 Å². The molecule has 0 bridgehead atoms. The van der Waals surface area contributed by atoms with Gasteiger partial charge >= 0.3 is 0 Å². The van der Waals surface area contributed by atoms with Gasteiger partial charge in [0.25, 0.3) is 0 Å². The molecule has 0 aromatic heterocycles. The van der Waals surface area contributed by atoms with Gasteiger partial charge < -0.3 is 0 Å². The van der Waals surface area contributed by atoms with Crippen molar-refractivity contribution < 1.29 is 12.8 Å². The van der Waals surface area contributed by atoms with E-state index in [0.717, 1.165) is 18.6 Å². The Kier molecular flexibility index (Phi) is 3.86. The number of rotatable bonds is 4. The lowest BCUT2D eigenvalue weighted by Crippen LogP contribution is -2.33. The fraction of sp³-hybridized carbons (Fsp3) is 0.200. The fourth-order valence-electron chi connectivity index (χ4n) is 2.53. The number of halogens is 2. The van der Waals surface area contributed by atoms with Gasteiger partial charge in [0.15, 0.2) is 0 Å². The predicted molar refractivity (Wildman–Crippen MR) is 82.2 cm³/mol. The molecule has 1 aliphatic carbocycles. The van der Waals surface area contributed by atoms with Crippen LogP contribution in [-0.4, -0.2) is 15.0 Å². The van der Waals surface area contributed by atoms with E-state index in [4.69, 9.17) is 0 Å². The Balaban J connectivity index is 1.73. The summed E-state index contributed by atoms with van der Waals surface area (Å²) in [4.78, 5) is 0.0523. The second-order valence-corrected chi connectivity index (χ2v) is 7.62. The van der Waals surface area contributed by atoms with Crippen molar-refractivity contribution in [2.75, 3.05) is 6.54 Å². The summed E-state index contributed by atoms with van der Waals surface area (Å²) in [5.41, 5.74) is 2.46. The average Bonchev–Trinajstić information content (AvgIpc) is 2.39. The van der Waals surface area contributed by atoms with Crippen molar-refractivity contribution in [3.8, 4) is 0 Å². The number of hydrogen-bond acceptors (Lipinski definition) is 2. The minimum absolute atomic E-state index is 0.0523. The number of benzene rings is 2. The van der Waals surface area contributed by atoms with E-state index in [1.807, 2.05) is 18.2 Å². The second kappa shape index (κ2) is 5.51. The van der Waals surface area contributed by atoms with Crippen molar-refractivity contribution in [2.24, 2.45) is 0 Å². The van der Waals surface area contributed by atoms with E-state index in [9.17, 15) is 12.8 Å². The molecule has 0 spiro atoms. The summed E-state index contributed by atoms with van der Waals surface area (Å²) in [6.07, 6.45) is 0.878. The quantitative estimate of drug-likeness (QED) is 0.899. The van der Waals surface area contributed by atoms with Gasteiger partial charge in [0.1, 0.15) is 5.82 Å². The van der Waals surface area contributed by atoms with Gasteiger partial charge in [-0.1, -0.05) is 24.3 Å². The van der Waals surface area contributed by atoms with E-state index in [1.165, 1.54) is 17.2 Å². The molecule has 110 valence electrons. The molecule has 1 unspecified atom stereocenters. The van der Waals surface area contributed by atoms with Crippen LogP contribution in [0.25, 0.3) is 0 Å². The Morgan fingerprint density at radius 1 is 1.24 bits per heavy atom. The molecule has 0 heterocycles. The summed E-state index contributed by atoms with van der Waals surface area (Å²) in [7, 11) is -3.65. The largest absolute Gasteiger partial charge is 0.241 e. The van der Waals surface area contributed by atoms with Crippen LogP contribution in [0.2, 0.25) is 0 Å². The summed E-state index contributed by atoms with van der Waals surface area (Å²) in [6, 6.07) is 11.6. The lowest BCUT2D eigenvalue weighted by molar-refractivity contribution is 0.551. The van der Waals surface area contributed by atoms with Crippen molar-refractivity contribution in [3.63, 3.8) is 0 Å². The minimum atomic E-state index is -3.65. The highest BCUT2D eigenvalue weighted by atomic mass is 79.9. The van der Waals surface area contributed by atoms with Gasteiger partial charge in [0.2, 0.25) is 10.0 Å². The Bertz CT molecular complexity index is 792. The Morgan fingerprint density at radius 3 is 2.71 bits per heavy atom. The summed E-state index contributed by atoms with van der Waals surface area (Å²) in [5, 5.41) is 0. The first-order chi connectivity index (χ1) is 9.97. The monoisotopic (exact) mass is 369 g/mol. The maximum atomic E-state index is 13.0. The van der Waals surface area contributed by atoms with E-state index >= 15 is 0 Å². The normalized spacial score (nSPS) is 17.1. The maximum Gasteiger partial charge on any atom is 0.241 e. The molecular weight excluding hydrogens is 357 g/mol. The SMILES string of the molecule is O=S(=O)(NCC1Cc2ccccc21)c1ccc(F)cc1Br. The van der Waals surface area contributed by atoms with Crippen molar-refractivity contribution in [1.29, 1.82) is 0 Å². The van der Waals surface area contributed by atoms with Crippen LogP contribution in [0.3, 0.4) is 0 Å². The van der Waals surface area contributed by atoms with Crippen LogP contribution >= 0.6 is 15.9 Å². The van der Waals surface area contributed by atoms with Crippen molar-refractivity contribution in [2.45, 2.75) is 17.2 Å². The molecule has 1 atom stereocenters. The molecule has 0 saturated carbocycles. The molecule has 0 amide bonds. The van der Waals surface area contributed by atoms with E-state index in [0.29, 0.717) is 6.54 Å². The van der Waals surface area contributed by atoms with Crippen LogP contribution in [0.1, 0.15) is 17.0 Å². The predicted octanol–water partition coefficient (Wildman–Crippen LogP) is 3.21. The first-order valence-electron chi connectivity index (χ1n) is 6.50. The van der Waals surface area contributed by atoms with Gasteiger partial charge in [0.05, 0.1) is 4.90 Å². The topological polar surface area (TPSA) is 46.2 Å². The third kappa shape index (κ3) is 2.88. The molecular formula is C15H13BrFNO2S. The van der Waals surface area contributed by atoms with E-state index in [-0.39, 0.29) is 15.3 Å². The third-order valence-electron chi connectivity index (χ3n) is 3.66. The second-order valence-electron chi connectivity index (χ2n) is 5.03. The highest BCUT2D eigenvalue weighted by Gasteiger charge is 2.27. The zero-order chi connectivity index (χ0) is 15.0. The van der Waals surface area contributed by atoms with Crippen molar-refractivity contribution >= 4 is 26.0 Å². The first-order valence-corrected chi connectivity index (χ1v) is 8.77. The van der Waals surface area contributed by atoms with Crippen molar-refractivity contribution in [3.05, 3.63) is 63.9 Å². The molecule has 0 aliphatic heterocycles. The maximum absolute atomic E-state index is 13.0. The number of sulfonamides is 1. The highest BCUT2D eigenvalue weighted by Crippen LogP contribution is 2.34. The average molecular weight is 370 g/mol. The minimum Gasteiger partial charge on any atom is -0.210 e. The lowest BCUT2D eigenvalue weighted by Gasteiger charge is -2.30. The van der Waals surface area contributed by atoms with E-state index in [1.54, 1.807) is 0 Å². The van der Waals surface area contributed by atoms with Crippen LogP contribution in [0.4, 0.5) is 4.39 Å². The standard InChI is InChI=1S/C15H13BrFNO2S/c16-14-8-12(17)5-6-15(14)21(19,20)18-9-11-7-10-3-1-2-4-13(10)11/h1-6,8,11,18H,7,9H2. The van der Waals surface area contributed by atoms with Gasteiger partial charge in [-0.25, -0.2) is 17.5 Å². The third-order valence-corrected chi connectivity index (χ3v) is 6.06. The summed E-state index contributed by atoms with van der Waals surface area (Å²) in [5.74, 6) is -0.274. The number of hydrogen-bond donors (Lipinski definition) is 1. The summed E-state index contributed by atoms with van der Waals surface area (Å²) >= 11 is 3.09. The smallest absolute Gasteiger partial charge is 0.210 e.